The minimum Gasteiger partial charge on any atom is -0.492 e. The van der Waals surface area contributed by atoms with Gasteiger partial charge in [0.2, 0.25) is 11.8 Å². The first-order valence-corrected chi connectivity index (χ1v) is 9.10. The molecule has 2 saturated heterocycles. The lowest BCUT2D eigenvalue weighted by Crippen LogP contribution is -2.58. The molecule has 0 saturated carbocycles. The van der Waals surface area contributed by atoms with Crippen molar-refractivity contribution in [2.24, 2.45) is 11.8 Å². The fourth-order valence-corrected chi connectivity index (χ4v) is 3.94. The lowest BCUT2D eigenvalue weighted by Gasteiger charge is -2.36. The van der Waals surface area contributed by atoms with Gasteiger partial charge >= 0.3 is 0 Å². The first kappa shape index (κ1) is 17.9. The lowest BCUT2D eigenvalue weighted by atomic mass is 9.89. The summed E-state index contributed by atoms with van der Waals surface area (Å²) < 4.78 is 5.87. The van der Waals surface area contributed by atoms with Gasteiger partial charge in [-0.1, -0.05) is 42.5 Å². The number of ether oxygens (including phenoxy) is 1. The number of rotatable bonds is 4. The van der Waals surface area contributed by atoms with Gasteiger partial charge in [-0.3, -0.25) is 19.8 Å². The first-order chi connectivity index (χ1) is 13.1. The number of aliphatic hydroxyl groups is 2. The second-order valence-corrected chi connectivity index (χ2v) is 7.05. The van der Waals surface area contributed by atoms with E-state index in [4.69, 9.17) is 4.74 Å². The largest absolute Gasteiger partial charge is 0.492 e. The molecule has 2 amide bonds. The number of fused-ring (bicyclic) bond motifs is 1. The molecule has 1 aromatic rings. The van der Waals surface area contributed by atoms with Crippen LogP contribution in [0.15, 0.2) is 54.3 Å². The topological polar surface area (TPSA) is 99.1 Å². The molecule has 0 radical (unpaired) electrons. The number of hydrogen-bond acceptors (Lipinski definition) is 6. The van der Waals surface area contributed by atoms with E-state index in [1.807, 2.05) is 30.3 Å². The summed E-state index contributed by atoms with van der Waals surface area (Å²) in [7, 11) is 0. The molecule has 3 aliphatic rings. The number of piperidine rings is 1. The molecular weight excluding hydrogens is 348 g/mol. The number of allylic oxidation sites excluding steroid dienone is 2. The Morgan fingerprint density at radius 2 is 1.89 bits per heavy atom. The van der Waals surface area contributed by atoms with Crippen LogP contribution in [-0.4, -0.2) is 45.4 Å². The minimum absolute atomic E-state index is 0.311. The normalized spacial score (nSPS) is 33.0. The van der Waals surface area contributed by atoms with Gasteiger partial charge in [-0.2, -0.15) is 0 Å². The Hall–Kier alpha value is -2.48. The molecule has 1 aliphatic carbocycles. The summed E-state index contributed by atoms with van der Waals surface area (Å²) in [5.74, 6) is -1.56. The monoisotopic (exact) mass is 370 g/mol. The number of benzene rings is 1. The van der Waals surface area contributed by atoms with Gasteiger partial charge in [0, 0.05) is 0 Å². The van der Waals surface area contributed by atoms with Gasteiger partial charge < -0.3 is 14.9 Å². The molecule has 7 heteroatoms. The third-order valence-corrected chi connectivity index (χ3v) is 5.31. The van der Waals surface area contributed by atoms with Crippen molar-refractivity contribution < 1.29 is 24.5 Å². The molecule has 5 atom stereocenters. The van der Waals surface area contributed by atoms with Crippen LogP contribution in [0.4, 0.5) is 0 Å². The van der Waals surface area contributed by atoms with Crippen molar-refractivity contribution in [3.63, 3.8) is 0 Å². The smallest absolute Gasteiger partial charge is 0.241 e. The van der Waals surface area contributed by atoms with Crippen molar-refractivity contribution in [2.45, 2.75) is 37.9 Å². The Morgan fingerprint density at radius 3 is 2.63 bits per heavy atom. The molecule has 4 rings (SSSR count). The summed E-state index contributed by atoms with van der Waals surface area (Å²) >= 11 is 0. The Bertz CT molecular complexity index is 791. The molecule has 27 heavy (non-hydrogen) atoms. The van der Waals surface area contributed by atoms with E-state index >= 15 is 0 Å². The summed E-state index contributed by atoms with van der Waals surface area (Å²) in [4.78, 5) is 27.1. The highest BCUT2D eigenvalue weighted by atomic mass is 16.5. The van der Waals surface area contributed by atoms with Crippen molar-refractivity contribution in [2.75, 3.05) is 0 Å². The van der Waals surface area contributed by atoms with E-state index in [9.17, 15) is 19.8 Å². The number of nitrogens with zero attached hydrogens (tertiary/aromatic N) is 1. The van der Waals surface area contributed by atoms with Crippen molar-refractivity contribution in [1.29, 1.82) is 0 Å². The Labute approximate surface area is 156 Å². The van der Waals surface area contributed by atoms with Crippen LogP contribution in [0, 0.1) is 11.8 Å². The van der Waals surface area contributed by atoms with Crippen LogP contribution in [0.3, 0.4) is 0 Å². The van der Waals surface area contributed by atoms with E-state index in [0.29, 0.717) is 25.2 Å². The highest BCUT2D eigenvalue weighted by Crippen LogP contribution is 2.39. The number of nitrogens with one attached hydrogen (secondary N) is 1. The number of amides is 2. The van der Waals surface area contributed by atoms with Crippen molar-refractivity contribution >= 4 is 11.8 Å². The molecule has 2 fully saturated rings. The molecule has 1 aromatic carbocycles. The standard InChI is InChI=1S/C20H22N2O5/c23-16-10-9-14(18(24)21-16)22-19(25)13-7-4-8-15(17(13)20(22)26)27-11-12-5-2-1-3-6-12/h1-8,13-14,16-18,21,23-24H,9-11H2. The average Bonchev–Trinajstić information content (AvgIpc) is 2.93. The van der Waals surface area contributed by atoms with E-state index in [2.05, 4.69) is 5.32 Å². The maximum Gasteiger partial charge on any atom is 0.241 e. The molecule has 2 aliphatic heterocycles. The van der Waals surface area contributed by atoms with Gasteiger partial charge in [0.25, 0.3) is 0 Å². The van der Waals surface area contributed by atoms with Crippen LogP contribution >= 0.6 is 0 Å². The van der Waals surface area contributed by atoms with Crippen molar-refractivity contribution in [1.82, 2.24) is 10.2 Å². The Kier molecular flexibility index (Phi) is 4.82. The van der Waals surface area contributed by atoms with Gasteiger partial charge in [-0.25, -0.2) is 0 Å². The van der Waals surface area contributed by atoms with Crippen LogP contribution in [0.25, 0.3) is 0 Å². The van der Waals surface area contributed by atoms with E-state index in [-0.39, 0.29) is 11.8 Å². The number of imide groups is 1. The molecule has 7 nitrogen and oxygen atoms in total. The zero-order chi connectivity index (χ0) is 19.0. The molecule has 0 bridgehead atoms. The van der Waals surface area contributed by atoms with Crippen LogP contribution in [-0.2, 0) is 20.9 Å². The van der Waals surface area contributed by atoms with Gasteiger partial charge in [0.1, 0.15) is 30.7 Å². The lowest BCUT2D eigenvalue weighted by molar-refractivity contribution is -0.149. The van der Waals surface area contributed by atoms with E-state index in [0.717, 1.165) is 10.5 Å². The predicted molar refractivity (Wildman–Crippen MR) is 95.5 cm³/mol. The second kappa shape index (κ2) is 7.26. The summed E-state index contributed by atoms with van der Waals surface area (Å²) in [6, 6.07) is 8.91. The summed E-state index contributed by atoms with van der Waals surface area (Å²) in [5, 5.41) is 22.4. The van der Waals surface area contributed by atoms with Crippen molar-refractivity contribution in [3.8, 4) is 0 Å². The highest BCUT2D eigenvalue weighted by molar-refractivity contribution is 6.07. The highest BCUT2D eigenvalue weighted by Gasteiger charge is 2.53. The number of likely N-dealkylation sites (tertiary alicyclic amines) is 1. The Balaban J connectivity index is 1.52. The van der Waals surface area contributed by atoms with Crippen LogP contribution in [0.1, 0.15) is 18.4 Å². The number of hydrogen-bond donors (Lipinski definition) is 3. The van der Waals surface area contributed by atoms with E-state index < -0.39 is 30.3 Å². The predicted octanol–water partition coefficient (Wildman–Crippen LogP) is 0.647. The summed E-state index contributed by atoms with van der Waals surface area (Å²) in [5.41, 5.74) is 0.971. The third-order valence-electron chi connectivity index (χ3n) is 5.31. The molecule has 3 N–H and O–H groups in total. The molecule has 142 valence electrons. The van der Waals surface area contributed by atoms with Gasteiger partial charge in [-0.05, 0) is 24.5 Å². The minimum atomic E-state index is -1.15. The van der Waals surface area contributed by atoms with E-state index in [1.54, 1.807) is 18.2 Å². The molecule has 0 aromatic heterocycles. The fourth-order valence-electron chi connectivity index (χ4n) is 3.94. The molecular formula is C20H22N2O5. The summed E-state index contributed by atoms with van der Waals surface area (Å²) in [6.45, 7) is 0.311. The van der Waals surface area contributed by atoms with Crippen molar-refractivity contribution in [3.05, 3.63) is 59.9 Å². The third kappa shape index (κ3) is 3.29. The zero-order valence-electron chi connectivity index (χ0n) is 14.7. The quantitative estimate of drug-likeness (QED) is 0.673. The number of carbonyl (C=O) groups is 2. The first-order valence-electron chi connectivity index (χ1n) is 9.10. The fraction of sp³-hybridized carbons (Fsp3) is 0.400. The second-order valence-electron chi connectivity index (χ2n) is 7.05. The molecule has 0 spiro atoms. The summed E-state index contributed by atoms with van der Waals surface area (Å²) in [6.07, 6.45) is 3.88. The number of carbonyl (C=O) groups excluding carboxylic acids is 2. The maximum absolute atomic E-state index is 13.0. The Morgan fingerprint density at radius 1 is 1.11 bits per heavy atom. The average molecular weight is 370 g/mol. The van der Waals surface area contributed by atoms with Crippen LogP contribution in [0.5, 0.6) is 0 Å². The molecule has 2 heterocycles. The van der Waals surface area contributed by atoms with Crippen LogP contribution in [0.2, 0.25) is 0 Å². The van der Waals surface area contributed by atoms with Gasteiger partial charge in [0.05, 0.1) is 12.0 Å². The van der Waals surface area contributed by atoms with Crippen LogP contribution < -0.4 is 5.32 Å². The number of aliphatic hydroxyl groups excluding tert-OH is 2. The zero-order valence-corrected chi connectivity index (χ0v) is 14.7. The maximum atomic E-state index is 13.0. The van der Waals surface area contributed by atoms with E-state index in [1.165, 1.54) is 0 Å². The molecule has 5 unspecified atom stereocenters. The van der Waals surface area contributed by atoms with Gasteiger partial charge in [-0.15, -0.1) is 0 Å². The van der Waals surface area contributed by atoms with Gasteiger partial charge in [0.15, 0.2) is 0 Å². The SMILES string of the molecule is O=C1C2C=CC=C(OCc3ccccc3)C2C(=O)N1C1CCC(O)NC1O.